The number of rotatable bonds is 2. The monoisotopic (exact) mass is 710 g/mol. The molecule has 0 N–H and O–H groups in total. The number of anilines is 5. The Kier molecular flexibility index (Phi) is 7.00. The molecule has 4 aromatic carbocycles. The molecule has 0 radical (unpaired) electrons. The van der Waals surface area contributed by atoms with Gasteiger partial charge in [0.25, 0.3) is 6.71 Å². The van der Waals surface area contributed by atoms with Crippen LogP contribution in [0.5, 0.6) is 0 Å². The fourth-order valence-electron chi connectivity index (χ4n) is 11.3. The van der Waals surface area contributed by atoms with Crippen LogP contribution < -0.4 is 20.9 Å². The van der Waals surface area contributed by atoms with Crippen molar-refractivity contribution in [2.75, 3.05) is 9.80 Å². The SMILES string of the molecule is Cc1cccc(C)c1N1c2cccc3c2B(c2oc4ccccc4c21)C1C=C2C(=CC1N3c1ccc3c(c1)C(C)(C)CCC3(C)C)C(C)(C)CCC2(C)C. The summed E-state index contributed by atoms with van der Waals surface area (Å²) in [7, 11) is 0. The molecule has 0 amide bonds. The number of hydrogen-bond acceptors (Lipinski definition) is 3. The molecule has 0 saturated heterocycles. The van der Waals surface area contributed by atoms with E-state index in [9.17, 15) is 0 Å². The van der Waals surface area contributed by atoms with Gasteiger partial charge in [-0.25, -0.2) is 0 Å². The van der Waals surface area contributed by atoms with Crippen LogP contribution in [0.15, 0.2) is 107 Å². The van der Waals surface area contributed by atoms with Crippen LogP contribution in [0.4, 0.5) is 28.4 Å². The second-order valence-corrected chi connectivity index (χ2v) is 19.9. The Balaban J connectivity index is 1.31. The Morgan fingerprint density at radius 3 is 1.94 bits per heavy atom. The number of aryl methyl sites for hydroxylation is 2. The molecule has 2 atom stereocenters. The van der Waals surface area contributed by atoms with E-state index in [1.54, 1.807) is 11.1 Å². The standard InChI is InChI=1S/C50H55BN2O/c1-30-15-13-16-31(2)44(30)53-40-19-14-18-39-43(40)51(46-45(53)33-17-11-12-20-42(33)54-46)38-28-36-37(50(9,10)26-25-49(36,7)8)29-41(38)52(39)32-21-22-34-35(27-32)48(5,6)24-23-47(34,3)4/h11-22,27-29,38,41H,23-26H2,1-10H3. The molecule has 10 rings (SSSR count). The largest absolute Gasteiger partial charge is 0.469 e. The van der Waals surface area contributed by atoms with Gasteiger partial charge in [-0.2, -0.15) is 0 Å². The summed E-state index contributed by atoms with van der Waals surface area (Å²) in [6.07, 6.45) is 10.3. The first kappa shape index (κ1) is 34.1. The van der Waals surface area contributed by atoms with Crippen molar-refractivity contribution < 1.29 is 4.42 Å². The molecule has 5 aromatic rings. The van der Waals surface area contributed by atoms with Gasteiger partial charge in [-0.1, -0.05) is 110 Å². The zero-order valence-corrected chi connectivity index (χ0v) is 34.0. The highest BCUT2D eigenvalue weighted by molar-refractivity contribution is 6.91. The smallest absolute Gasteiger partial charge is 0.272 e. The van der Waals surface area contributed by atoms with Crippen LogP contribution in [-0.4, -0.2) is 12.8 Å². The van der Waals surface area contributed by atoms with Crippen molar-refractivity contribution in [1.29, 1.82) is 0 Å². The van der Waals surface area contributed by atoms with Gasteiger partial charge < -0.3 is 14.2 Å². The molecule has 2 unspecified atom stereocenters. The van der Waals surface area contributed by atoms with Gasteiger partial charge in [-0.15, -0.1) is 0 Å². The zero-order valence-electron chi connectivity index (χ0n) is 34.0. The van der Waals surface area contributed by atoms with E-state index in [4.69, 9.17) is 4.42 Å². The zero-order chi connectivity index (χ0) is 37.7. The fraction of sp³-hybridized carbons (Fsp3) is 0.400. The van der Waals surface area contributed by atoms with Crippen LogP contribution in [0.2, 0.25) is 5.82 Å². The third kappa shape index (κ3) is 4.61. The van der Waals surface area contributed by atoms with E-state index in [1.807, 2.05) is 0 Å². The molecule has 3 nitrogen and oxygen atoms in total. The number of para-hydroxylation sites is 2. The topological polar surface area (TPSA) is 19.6 Å². The Morgan fingerprint density at radius 1 is 0.611 bits per heavy atom. The first-order valence-electron chi connectivity index (χ1n) is 20.5. The Morgan fingerprint density at radius 2 is 1.22 bits per heavy atom. The van der Waals surface area contributed by atoms with Crippen LogP contribution in [0, 0.1) is 24.7 Å². The molecule has 4 heteroatoms. The number of nitrogens with zero attached hydrogens (tertiary/aromatic N) is 2. The molecule has 0 spiro atoms. The highest BCUT2D eigenvalue weighted by Crippen LogP contribution is 2.58. The summed E-state index contributed by atoms with van der Waals surface area (Å²) in [5.41, 5.74) is 18.9. The first-order chi connectivity index (χ1) is 25.6. The van der Waals surface area contributed by atoms with Crippen molar-refractivity contribution in [1.82, 2.24) is 0 Å². The van der Waals surface area contributed by atoms with Crippen molar-refractivity contribution in [2.45, 2.75) is 118 Å². The van der Waals surface area contributed by atoms with Gasteiger partial charge in [0.15, 0.2) is 0 Å². The highest BCUT2D eigenvalue weighted by atomic mass is 16.3. The lowest BCUT2D eigenvalue weighted by Crippen LogP contribution is -2.62. The maximum absolute atomic E-state index is 7.20. The predicted molar refractivity (Wildman–Crippen MR) is 230 cm³/mol. The summed E-state index contributed by atoms with van der Waals surface area (Å²) in [6.45, 7) is 24.3. The van der Waals surface area contributed by atoms with Crippen LogP contribution in [0.25, 0.3) is 11.0 Å². The molecule has 3 heterocycles. The molecular formula is C50H55BN2O. The maximum atomic E-state index is 7.20. The lowest BCUT2D eigenvalue weighted by atomic mass is 9.30. The summed E-state index contributed by atoms with van der Waals surface area (Å²) < 4.78 is 7.20. The predicted octanol–water partition coefficient (Wildman–Crippen LogP) is 12.4. The summed E-state index contributed by atoms with van der Waals surface area (Å²) in [5, 5.41) is 1.18. The molecule has 5 aliphatic rings. The quantitative estimate of drug-likeness (QED) is 0.170. The molecule has 2 aliphatic heterocycles. The van der Waals surface area contributed by atoms with E-state index in [-0.39, 0.29) is 40.2 Å². The van der Waals surface area contributed by atoms with Crippen molar-refractivity contribution in [3.63, 3.8) is 0 Å². The first-order valence-corrected chi connectivity index (χ1v) is 20.5. The van der Waals surface area contributed by atoms with E-state index in [1.165, 1.54) is 87.2 Å². The second kappa shape index (κ2) is 11.1. The molecule has 1 fully saturated rings. The summed E-state index contributed by atoms with van der Waals surface area (Å²) in [6, 6.07) is 30.2. The second-order valence-electron chi connectivity index (χ2n) is 19.9. The number of fused-ring (bicyclic) bond motifs is 8. The Hall–Kier alpha value is -4.44. The van der Waals surface area contributed by atoms with Gasteiger partial charge >= 0.3 is 0 Å². The number of furan rings is 1. The number of allylic oxidation sites excluding steroid dienone is 2. The number of benzene rings is 4. The lowest BCUT2D eigenvalue weighted by Gasteiger charge is -2.53. The summed E-state index contributed by atoms with van der Waals surface area (Å²) in [4.78, 5) is 5.30. The Labute approximate surface area is 323 Å². The van der Waals surface area contributed by atoms with Gasteiger partial charge in [0.05, 0.1) is 23.1 Å². The van der Waals surface area contributed by atoms with Gasteiger partial charge in [-0.3, -0.25) is 0 Å². The molecular weight excluding hydrogens is 655 g/mol. The van der Waals surface area contributed by atoms with E-state index in [0.717, 1.165) is 11.2 Å². The minimum atomic E-state index is 0.0690. The fourth-order valence-corrected chi connectivity index (χ4v) is 11.3. The average molecular weight is 711 g/mol. The van der Waals surface area contributed by atoms with Crippen LogP contribution in [-0.2, 0) is 10.8 Å². The van der Waals surface area contributed by atoms with Crippen LogP contribution >= 0.6 is 0 Å². The van der Waals surface area contributed by atoms with E-state index in [0.29, 0.717) is 0 Å². The summed E-state index contributed by atoms with van der Waals surface area (Å²) in [5.74, 6) is 0.186. The van der Waals surface area contributed by atoms with Crippen molar-refractivity contribution in [3.8, 4) is 0 Å². The molecule has 54 heavy (non-hydrogen) atoms. The van der Waals surface area contributed by atoms with Gasteiger partial charge in [0.2, 0.25) is 0 Å². The molecule has 1 saturated carbocycles. The van der Waals surface area contributed by atoms with E-state index >= 15 is 0 Å². The average Bonchev–Trinajstić information content (AvgIpc) is 3.52. The third-order valence-corrected chi connectivity index (χ3v) is 14.6. The summed E-state index contributed by atoms with van der Waals surface area (Å²) >= 11 is 0. The number of hydrogen-bond donors (Lipinski definition) is 0. The van der Waals surface area contributed by atoms with Gasteiger partial charge in [0, 0.05) is 22.4 Å². The van der Waals surface area contributed by atoms with Crippen molar-refractivity contribution in [3.05, 3.63) is 124 Å². The van der Waals surface area contributed by atoms with E-state index < -0.39 is 0 Å². The Bertz CT molecular complexity index is 2450. The lowest BCUT2D eigenvalue weighted by molar-refractivity contribution is 0.255. The normalized spacial score (nSPS) is 23.8. The van der Waals surface area contributed by atoms with Crippen molar-refractivity contribution in [2.24, 2.45) is 10.8 Å². The minimum absolute atomic E-state index is 0.0690. The molecule has 0 bridgehead atoms. The van der Waals surface area contributed by atoms with Crippen molar-refractivity contribution >= 4 is 57.2 Å². The van der Waals surface area contributed by atoms with Crippen LogP contribution in [0.1, 0.15) is 103 Å². The van der Waals surface area contributed by atoms with Gasteiger partial charge in [0.1, 0.15) is 5.58 Å². The molecule has 274 valence electrons. The molecule has 1 aromatic heterocycles. The van der Waals surface area contributed by atoms with Crippen LogP contribution in [0.3, 0.4) is 0 Å². The van der Waals surface area contributed by atoms with Gasteiger partial charge in [-0.05, 0) is 142 Å². The maximum Gasteiger partial charge on any atom is 0.272 e. The molecule has 3 aliphatic carbocycles. The van der Waals surface area contributed by atoms with E-state index in [2.05, 4.69) is 170 Å². The third-order valence-electron chi connectivity index (χ3n) is 14.6. The minimum Gasteiger partial charge on any atom is -0.469 e. The highest BCUT2D eigenvalue weighted by Gasteiger charge is 2.55.